The molecular weight excluding hydrogens is 722 g/mol. The Balaban J connectivity index is 5.62. The van der Waals surface area contributed by atoms with E-state index in [-0.39, 0.29) is 48.7 Å². The van der Waals surface area contributed by atoms with Gasteiger partial charge in [-0.3, -0.25) is 34.1 Å². The zero-order chi connectivity index (χ0) is 43.6. The normalized spacial score (nSPS) is 18.0. The van der Waals surface area contributed by atoms with E-state index in [9.17, 15) is 44.1 Å². The lowest BCUT2D eigenvalue weighted by molar-refractivity contribution is -0.136. The number of nitrogens with two attached hydrogens (primary N) is 2. The summed E-state index contributed by atoms with van der Waals surface area (Å²) >= 11 is 0. The number of carbonyl (C=O) groups is 6. The summed E-state index contributed by atoms with van der Waals surface area (Å²) in [6.07, 6.45) is 3.44. The SMILES string of the molecule is CCC(=O)[C@@H](NC(=O)[C@@H](NC(=O)[C@](C)(CCC/C=C/CCC[C@](C)(NC(=O)[C@H](CCC(N)=O)NC(O)[C@H](N)[C@@H](C)O)C(=O)C(C)C)NC(C)C)C(C)C)[C@@H](C)O. The van der Waals surface area contributed by atoms with Gasteiger partial charge in [-0.15, -0.1) is 0 Å². The molecule has 0 aliphatic carbocycles. The van der Waals surface area contributed by atoms with Gasteiger partial charge in [0.2, 0.25) is 23.6 Å². The molecule has 0 radical (unpaired) electrons. The molecule has 0 heterocycles. The third-order valence-corrected chi connectivity index (χ3v) is 9.84. The summed E-state index contributed by atoms with van der Waals surface area (Å²) in [4.78, 5) is 77.7. The van der Waals surface area contributed by atoms with E-state index >= 15 is 0 Å². The molecule has 0 bridgehead atoms. The van der Waals surface area contributed by atoms with Gasteiger partial charge in [-0.2, -0.15) is 0 Å². The fourth-order valence-corrected chi connectivity index (χ4v) is 6.44. The van der Waals surface area contributed by atoms with Gasteiger partial charge in [-0.1, -0.05) is 46.8 Å². The van der Waals surface area contributed by atoms with Gasteiger partial charge in [0.05, 0.1) is 35.4 Å². The second kappa shape index (κ2) is 25.2. The number of amides is 4. The van der Waals surface area contributed by atoms with Gasteiger partial charge in [-0.05, 0) is 92.4 Å². The first-order valence-corrected chi connectivity index (χ1v) is 20.1. The summed E-state index contributed by atoms with van der Waals surface area (Å²) in [7, 11) is 0. The summed E-state index contributed by atoms with van der Waals surface area (Å²) in [5.41, 5.74) is 8.86. The molecule has 0 fully saturated rings. The van der Waals surface area contributed by atoms with Gasteiger partial charge in [0.25, 0.3) is 0 Å². The van der Waals surface area contributed by atoms with Gasteiger partial charge in [-0.25, -0.2) is 0 Å². The molecular formula is C40H75N7O9. The monoisotopic (exact) mass is 798 g/mol. The van der Waals surface area contributed by atoms with Gasteiger partial charge < -0.3 is 48.1 Å². The fraction of sp³-hybridized carbons (Fsp3) is 0.800. The van der Waals surface area contributed by atoms with Crippen LogP contribution in [-0.2, 0) is 28.8 Å². The van der Waals surface area contributed by atoms with Crippen molar-refractivity contribution in [1.29, 1.82) is 0 Å². The van der Waals surface area contributed by atoms with Crippen LogP contribution in [0.15, 0.2) is 12.2 Å². The van der Waals surface area contributed by atoms with Crippen molar-refractivity contribution in [3.8, 4) is 0 Å². The summed E-state index contributed by atoms with van der Waals surface area (Å²) in [5.74, 6) is -3.35. The van der Waals surface area contributed by atoms with Gasteiger partial charge in [0.1, 0.15) is 18.3 Å². The van der Waals surface area contributed by atoms with E-state index in [1.807, 2.05) is 26.0 Å². The molecule has 0 aromatic heterocycles. The minimum atomic E-state index is -1.47. The number of rotatable bonds is 29. The van der Waals surface area contributed by atoms with Crippen molar-refractivity contribution in [3.05, 3.63) is 12.2 Å². The smallest absolute Gasteiger partial charge is 0.243 e. The third-order valence-electron chi connectivity index (χ3n) is 9.84. The van der Waals surface area contributed by atoms with E-state index in [0.717, 1.165) is 0 Å². The molecule has 0 saturated heterocycles. The van der Waals surface area contributed by atoms with E-state index in [4.69, 9.17) is 11.5 Å². The molecule has 16 heteroatoms. The largest absolute Gasteiger partial charge is 0.392 e. The number of primary amides is 1. The quantitative estimate of drug-likeness (QED) is 0.0288. The summed E-state index contributed by atoms with van der Waals surface area (Å²) in [5, 5.41) is 44.7. The number of ketones is 2. The third kappa shape index (κ3) is 18.3. The Morgan fingerprint density at radius 1 is 0.750 bits per heavy atom. The maximum atomic E-state index is 13.7. The van der Waals surface area contributed by atoms with E-state index in [1.165, 1.54) is 13.8 Å². The Morgan fingerprint density at radius 2 is 1.29 bits per heavy atom. The Hall–Kier alpha value is -3.28. The molecule has 16 nitrogen and oxygen atoms in total. The van der Waals surface area contributed by atoms with Crippen LogP contribution in [0, 0.1) is 11.8 Å². The number of Topliss-reactive ketones (excluding diaryl/α,β-unsaturated/α-hetero) is 2. The first-order chi connectivity index (χ1) is 25.8. The second-order valence-corrected chi connectivity index (χ2v) is 16.5. The summed E-state index contributed by atoms with van der Waals surface area (Å²) in [6.45, 7) is 18.8. The van der Waals surface area contributed by atoms with Crippen LogP contribution in [0.4, 0.5) is 0 Å². The van der Waals surface area contributed by atoms with Gasteiger partial charge >= 0.3 is 0 Å². The number of nitrogens with one attached hydrogen (secondary N) is 5. The van der Waals surface area contributed by atoms with Crippen LogP contribution < -0.4 is 38.1 Å². The Bertz CT molecular complexity index is 1310. The highest BCUT2D eigenvalue weighted by Crippen LogP contribution is 2.22. The summed E-state index contributed by atoms with van der Waals surface area (Å²) in [6, 6.07) is -4.28. The molecule has 4 amide bonds. The minimum absolute atomic E-state index is 0.0427. The van der Waals surface area contributed by atoms with E-state index < -0.39 is 77.3 Å². The van der Waals surface area contributed by atoms with Crippen LogP contribution in [0.5, 0.6) is 0 Å². The lowest BCUT2D eigenvalue weighted by atomic mass is 9.84. The highest BCUT2D eigenvalue weighted by Gasteiger charge is 2.39. The maximum absolute atomic E-state index is 13.7. The van der Waals surface area contributed by atoms with E-state index in [1.54, 1.807) is 48.5 Å². The summed E-state index contributed by atoms with van der Waals surface area (Å²) < 4.78 is 0. The molecule has 0 saturated carbocycles. The Morgan fingerprint density at radius 3 is 1.71 bits per heavy atom. The topological polar surface area (TPSA) is 275 Å². The van der Waals surface area contributed by atoms with Crippen molar-refractivity contribution in [3.63, 3.8) is 0 Å². The molecule has 56 heavy (non-hydrogen) atoms. The highest BCUT2D eigenvalue weighted by molar-refractivity contribution is 5.96. The van der Waals surface area contributed by atoms with Crippen LogP contribution in [0.25, 0.3) is 0 Å². The van der Waals surface area contributed by atoms with E-state index in [2.05, 4.69) is 26.6 Å². The van der Waals surface area contributed by atoms with Crippen molar-refractivity contribution >= 4 is 35.2 Å². The lowest BCUT2D eigenvalue weighted by Gasteiger charge is -2.34. The standard InChI is InChI=1S/C40H75N7O9/c1-12-29(50)33(27(9)49)44-37(55)32(23(2)3)45-38(56)40(11,46-25(6)7)22-18-16-14-13-15-17-21-39(10,34(52)24(4)5)47-35(53)28(19-20-30(41)51)43-36(54)31(42)26(8)48/h13-14,23-28,31-33,36,43,46,48-49,54H,12,15-22,42H2,1-11H3,(H2,41,51)(H,44,55)(H,45,56)(H,47,53)/b14-13+/t26-,27-,28+,31-,32+,33+,36?,39+,40+/m1/s1. The molecule has 0 aromatic rings. The number of carbonyl (C=O) groups excluding carboxylic acids is 6. The zero-order valence-corrected chi connectivity index (χ0v) is 35.7. The Labute approximate surface area is 334 Å². The second-order valence-electron chi connectivity index (χ2n) is 16.5. The van der Waals surface area contributed by atoms with Gasteiger partial charge in [0.15, 0.2) is 11.6 Å². The predicted molar refractivity (Wildman–Crippen MR) is 217 cm³/mol. The molecule has 324 valence electrons. The number of hydrogen-bond donors (Lipinski definition) is 10. The molecule has 0 aromatic carbocycles. The van der Waals surface area contributed by atoms with Crippen molar-refractivity contribution in [2.75, 3.05) is 0 Å². The molecule has 12 N–H and O–H groups in total. The van der Waals surface area contributed by atoms with Crippen molar-refractivity contribution in [2.45, 2.75) is 194 Å². The molecule has 1 unspecified atom stereocenters. The van der Waals surface area contributed by atoms with Crippen LogP contribution in [0.3, 0.4) is 0 Å². The number of unbranched alkanes of at least 4 members (excludes halogenated alkanes) is 2. The molecule has 0 rings (SSSR count). The average molecular weight is 798 g/mol. The fourth-order valence-electron chi connectivity index (χ4n) is 6.44. The van der Waals surface area contributed by atoms with Crippen LogP contribution in [-0.4, -0.2) is 110 Å². The Kier molecular flexibility index (Phi) is 23.7. The number of aliphatic hydroxyl groups excluding tert-OH is 3. The first-order valence-electron chi connectivity index (χ1n) is 20.1. The van der Waals surface area contributed by atoms with E-state index in [0.29, 0.717) is 38.5 Å². The highest BCUT2D eigenvalue weighted by atomic mass is 16.3. The van der Waals surface area contributed by atoms with Gasteiger partial charge in [0, 0.05) is 24.8 Å². The van der Waals surface area contributed by atoms with Crippen molar-refractivity contribution in [1.82, 2.24) is 26.6 Å². The number of hydrogen-bond acceptors (Lipinski definition) is 12. The molecule has 0 aliphatic heterocycles. The van der Waals surface area contributed by atoms with Crippen molar-refractivity contribution in [2.24, 2.45) is 23.3 Å². The van der Waals surface area contributed by atoms with Crippen LogP contribution in [0.2, 0.25) is 0 Å². The number of allylic oxidation sites excluding steroid dienone is 2. The number of aliphatic hydroxyl groups is 3. The van der Waals surface area contributed by atoms with Crippen LogP contribution >= 0.6 is 0 Å². The first kappa shape index (κ1) is 52.7. The predicted octanol–water partition coefficient (Wildman–Crippen LogP) is 0.976. The lowest BCUT2D eigenvalue weighted by Crippen LogP contribution is -2.62. The molecule has 0 spiro atoms. The van der Waals surface area contributed by atoms with Crippen molar-refractivity contribution < 1.29 is 44.1 Å². The minimum Gasteiger partial charge on any atom is -0.392 e. The molecule has 9 atom stereocenters. The van der Waals surface area contributed by atoms with Crippen LogP contribution in [0.1, 0.15) is 134 Å². The maximum Gasteiger partial charge on any atom is 0.243 e. The average Bonchev–Trinajstić information content (AvgIpc) is 3.09. The zero-order valence-electron chi connectivity index (χ0n) is 35.7. The molecule has 0 aliphatic rings.